The Morgan fingerprint density at radius 3 is 2.50 bits per heavy atom. The smallest absolute Gasteiger partial charge is 0.420 e. The number of para-hydroxylation sites is 2. The van der Waals surface area contributed by atoms with Gasteiger partial charge in [0.1, 0.15) is 5.82 Å². The van der Waals surface area contributed by atoms with E-state index in [0.717, 1.165) is 11.0 Å². The number of aromatic nitrogens is 4. The van der Waals surface area contributed by atoms with Crippen molar-refractivity contribution < 1.29 is 9.53 Å². The Morgan fingerprint density at radius 2 is 1.83 bits per heavy atom. The van der Waals surface area contributed by atoms with Gasteiger partial charge in [0.25, 0.3) is 0 Å². The van der Waals surface area contributed by atoms with Crippen LogP contribution >= 0.6 is 0 Å². The molecule has 2 heterocycles. The first-order chi connectivity index (χ1) is 8.70. The van der Waals surface area contributed by atoms with Crippen LogP contribution in [-0.4, -0.2) is 32.7 Å². The van der Waals surface area contributed by atoms with Crippen molar-refractivity contribution in [3.05, 3.63) is 30.1 Å². The van der Waals surface area contributed by atoms with Gasteiger partial charge < -0.3 is 4.74 Å². The molecule has 3 aromatic rings. The Balaban J connectivity index is 2.40. The van der Waals surface area contributed by atoms with E-state index in [-0.39, 0.29) is 0 Å². The molecule has 0 spiro atoms. The molecule has 3 rings (SSSR count). The summed E-state index contributed by atoms with van der Waals surface area (Å²) in [4.78, 5) is 24.7. The molecule has 0 atom stereocenters. The fourth-order valence-corrected chi connectivity index (χ4v) is 1.87. The van der Waals surface area contributed by atoms with E-state index in [9.17, 15) is 4.79 Å². The molecule has 0 fully saturated rings. The van der Waals surface area contributed by atoms with Crippen molar-refractivity contribution in [2.75, 3.05) is 7.11 Å². The highest BCUT2D eigenvalue weighted by Gasteiger charge is 2.17. The molecular formula is C12H10N4O2. The Labute approximate surface area is 102 Å². The van der Waals surface area contributed by atoms with Gasteiger partial charge in [-0.05, 0) is 19.1 Å². The molecule has 1 aromatic carbocycles. The fourth-order valence-electron chi connectivity index (χ4n) is 1.87. The van der Waals surface area contributed by atoms with Gasteiger partial charge in [0.15, 0.2) is 11.3 Å². The van der Waals surface area contributed by atoms with Crippen molar-refractivity contribution in [1.29, 1.82) is 0 Å². The van der Waals surface area contributed by atoms with E-state index in [4.69, 9.17) is 4.74 Å². The number of methoxy groups -OCH3 is 1. The molecule has 0 aliphatic rings. The SMILES string of the molecule is COC(=O)n1c(C)nc2nc3ccccc3nc21. The molecule has 0 unspecified atom stereocenters. The number of imidazole rings is 1. The Hall–Kier alpha value is -2.50. The van der Waals surface area contributed by atoms with Crippen LogP contribution in [0.3, 0.4) is 0 Å². The third-order valence-corrected chi connectivity index (χ3v) is 2.69. The molecule has 18 heavy (non-hydrogen) atoms. The minimum Gasteiger partial charge on any atom is -0.452 e. The molecule has 2 aromatic heterocycles. The monoisotopic (exact) mass is 242 g/mol. The van der Waals surface area contributed by atoms with Gasteiger partial charge in [0.05, 0.1) is 18.1 Å². The van der Waals surface area contributed by atoms with Crippen molar-refractivity contribution >= 4 is 28.4 Å². The summed E-state index contributed by atoms with van der Waals surface area (Å²) in [6.45, 7) is 1.71. The maximum atomic E-state index is 11.7. The summed E-state index contributed by atoms with van der Waals surface area (Å²) in [7, 11) is 1.32. The zero-order chi connectivity index (χ0) is 12.7. The van der Waals surface area contributed by atoms with E-state index in [2.05, 4.69) is 15.0 Å². The quantitative estimate of drug-likeness (QED) is 0.602. The first-order valence-electron chi connectivity index (χ1n) is 5.41. The van der Waals surface area contributed by atoms with Gasteiger partial charge in [-0.2, -0.15) is 0 Å². The summed E-state index contributed by atoms with van der Waals surface area (Å²) >= 11 is 0. The largest absolute Gasteiger partial charge is 0.452 e. The molecule has 0 aliphatic heterocycles. The predicted molar refractivity (Wildman–Crippen MR) is 65.4 cm³/mol. The molecule has 0 bridgehead atoms. The van der Waals surface area contributed by atoms with Crippen LogP contribution in [0.4, 0.5) is 4.79 Å². The minimum absolute atomic E-state index is 0.415. The number of hydrogen-bond acceptors (Lipinski definition) is 5. The second-order valence-corrected chi connectivity index (χ2v) is 3.82. The molecule has 0 N–H and O–H groups in total. The zero-order valence-electron chi connectivity index (χ0n) is 9.91. The number of fused-ring (bicyclic) bond motifs is 2. The normalized spacial score (nSPS) is 11.0. The van der Waals surface area contributed by atoms with E-state index < -0.39 is 6.09 Å². The standard InChI is InChI=1S/C12H10N4O2/c1-7-13-10-11(16(7)12(17)18-2)15-9-6-4-3-5-8(9)14-10/h3-6H,1-2H3. The van der Waals surface area contributed by atoms with Gasteiger partial charge in [-0.1, -0.05) is 12.1 Å². The number of aryl methyl sites for hydroxylation is 1. The Bertz CT molecular complexity index is 763. The molecule has 0 aliphatic carbocycles. The number of hydrogen-bond donors (Lipinski definition) is 0. The van der Waals surface area contributed by atoms with Gasteiger partial charge >= 0.3 is 6.09 Å². The van der Waals surface area contributed by atoms with Crippen molar-refractivity contribution in [2.24, 2.45) is 0 Å². The van der Waals surface area contributed by atoms with E-state index >= 15 is 0 Å². The molecule has 6 nitrogen and oxygen atoms in total. The van der Waals surface area contributed by atoms with Gasteiger partial charge in [0, 0.05) is 0 Å². The summed E-state index contributed by atoms with van der Waals surface area (Å²) in [5, 5.41) is 0. The molecule has 0 amide bonds. The summed E-state index contributed by atoms with van der Waals surface area (Å²) < 4.78 is 6.03. The van der Waals surface area contributed by atoms with E-state index in [1.54, 1.807) is 6.92 Å². The summed E-state index contributed by atoms with van der Waals surface area (Å²) in [6.07, 6.45) is -0.514. The number of nitrogens with zero attached hydrogens (tertiary/aromatic N) is 4. The topological polar surface area (TPSA) is 69.9 Å². The number of benzene rings is 1. The number of ether oxygens (including phenoxy) is 1. The van der Waals surface area contributed by atoms with Gasteiger partial charge in [0.2, 0.25) is 0 Å². The lowest BCUT2D eigenvalue weighted by Crippen LogP contribution is -2.13. The molecule has 0 saturated carbocycles. The summed E-state index contributed by atoms with van der Waals surface area (Å²) in [5.41, 5.74) is 2.32. The summed E-state index contributed by atoms with van der Waals surface area (Å²) in [5.74, 6) is 0.507. The maximum absolute atomic E-state index is 11.7. The highest BCUT2D eigenvalue weighted by Crippen LogP contribution is 2.17. The molecule has 90 valence electrons. The molecular weight excluding hydrogens is 232 g/mol. The van der Waals surface area contributed by atoms with Crippen molar-refractivity contribution in [3.8, 4) is 0 Å². The zero-order valence-corrected chi connectivity index (χ0v) is 9.91. The highest BCUT2D eigenvalue weighted by molar-refractivity contribution is 5.88. The minimum atomic E-state index is -0.514. The lowest BCUT2D eigenvalue weighted by molar-refractivity contribution is 0.173. The molecule has 0 saturated heterocycles. The number of carbonyl (C=O) groups is 1. The second-order valence-electron chi connectivity index (χ2n) is 3.82. The van der Waals surface area contributed by atoms with E-state index in [1.165, 1.54) is 11.7 Å². The van der Waals surface area contributed by atoms with E-state index in [0.29, 0.717) is 17.1 Å². The highest BCUT2D eigenvalue weighted by atomic mass is 16.5. The Kier molecular flexibility index (Phi) is 2.22. The van der Waals surface area contributed by atoms with Crippen LogP contribution in [0.25, 0.3) is 22.3 Å². The van der Waals surface area contributed by atoms with Crippen LogP contribution in [0, 0.1) is 6.92 Å². The van der Waals surface area contributed by atoms with Crippen molar-refractivity contribution in [1.82, 2.24) is 19.5 Å². The van der Waals surface area contributed by atoms with Gasteiger partial charge in [-0.15, -0.1) is 0 Å². The number of carbonyl (C=O) groups excluding carboxylic acids is 1. The third-order valence-electron chi connectivity index (χ3n) is 2.69. The fraction of sp³-hybridized carbons (Fsp3) is 0.167. The lowest BCUT2D eigenvalue weighted by atomic mass is 10.3. The van der Waals surface area contributed by atoms with Gasteiger partial charge in [-0.25, -0.2) is 24.3 Å². The van der Waals surface area contributed by atoms with Crippen LogP contribution < -0.4 is 0 Å². The van der Waals surface area contributed by atoms with Crippen LogP contribution in [0.5, 0.6) is 0 Å². The first-order valence-corrected chi connectivity index (χ1v) is 5.41. The van der Waals surface area contributed by atoms with Crippen LogP contribution in [0.1, 0.15) is 5.82 Å². The predicted octanol–water partition coefficient (Wildman–Crippen LogP) is 1.90. The van der Waals surface area contributed by atoms with Crippen molar-refractivity contribution in [2.45, 2.75) is 6.92 Å². The Morgan fingerprint density at radius 1 is 1.17 bits per heavy atom. The molecule has 6 heteroatoms. The maximum Gasteiger partial charge on any atom is 0.420 e. The second kappa shape index (κ2) is 3.76. The van der Waals surface area contributed by atoms with Crippen LogP contribution in [-0.2, 0) is 4.74 Å². The number of rotatable bonds is 0. The van der Waals surface area contributed by atoms with E-state index in [1.807, 2.05) is 24.3 Å². The van der Waals surface area contributed by atoms with Crippen LogP contribution in [0.2, 0.25) is 0 Å². The average Bonchev–Trinajstić information content (AvgIpc) is 2.70. The third kappa shape index (κ3) is 1.42. The summed E-state index contributed by atoms with van der Waals surface area (Å²) in [6, 6.07) is 7.45. The van der Waals surface area contributed by atoms with Crippen molar-refractivity contribution in [3.63, 3.8) is 0 Å². The first kappa shape index (κ1) is 10.6. The molecule has 0 radical (unpaired) electrons. The van der Waals surface area contributed by atoms with Gasteiger partial charge in [-0.3, -0.25) is 0 Å². The van der Waals surface area contributed by atoms with Crippen LogP contribution in [0.15, 0.2) is 24.3 Å². The average molecular weight is 242 g/mol. The lowest BCUT2D eigenvalue weighted by Gasteiger charge is -2.02.